The van der Waals surface area contributed by atoms with Gasteiger partial charge in [0.05, 0.1) is 0 Å². The lowest BCUT2D eigenvalue weighted by Crippen LogP contribution is -2.00. The highest BCUT2D eigenvalue weighted by Crippen LogP contribution is 2.37. The normalized spacial score (nSPS) is 10.3. The van der Waals surface area contributed by atoms with Crippen LogP contribution < -0.4 is 5.73 Å². The van der Waals surface area contributed by atoms with E-state index in [9.17, 15) is 4.79 Å². The number of hydrogen-bond acceptors (Lipinski definition) is 3. The molecule has 0 unspecified atom stereocenters. The van der Waals surface area contributed by atoms with Crippen molar-refractivity contribution in [3.63, 3.8) is 0 Å². The molecule has 1 heterocycles. The molecule has 2 aromatic rings. The summed E-state index contributed by atoms with van der Waals surface area (Å²) in [5.41, 5.74) is 7.56. The van der Waals surface area contributed by atoms with Crippen LogP contribution in [0.15, 0.2) is 30.3 Å². The van der Waals surface area contributed by atoms with Crippen LogP contribution in [-0.4, -0.2) is 11.1 Å². The third-order valence-electron chi connectivity index (χ3n) is 2.39. The summed E-state index contributed by atoms with van der Waals surface area (Å²) < 4.78 is 0. The van der Waals surface area contributed by atoms with E-state index in [2.05, 4.69) is 0 Å². The first-order valence-electron chi connectivity index (χ1n) is 4.79. The average Bonchev–Trinajstić information content (AvgIpc) is 2.55. The summed E-state index contributed by atoms with van der Waals surface area (Å²) in [7, 11) is 0. The molecule has 0 fully saturated rings. The Morgan fingerprint density at radius 2 is 1.94 bits per heavy atom. The van der Waals surface area contributed by atoms with E-state index in [0.717, 1.165) is 16.0 Å². The van der Waals surface area contributed by atoms with Gasteiger partial charge in [0, 0.05) is 10.4 Å². The fourth-order valence-electron chi connectivity index (χ4n) is 1.73. The molecule has 3 nitrogen and oxygen atoms in total. The number of thiophene rings is 1. The van der Waals surface area contributed by atoms with Crippen molar-refractivity contribution in [3.8, 4) is 11.1 Å². The third-order valence-corrected chi connectivity index (χ3v) is 3.32. The highest BCUT2D eigenvalue weighted by atomic mass is 32.1. The molecule has 0 saturated carbocycles. The van der Waals surface area contributed by atoms with Crippen molar-refractivity contribution in [2.24, 2.45) is 0 Å². The van der Waals surface area contributed by atoms with Gasteiger partial charge in [-0.25, -0.2) is 4.79 Å². The number of carbonyl (C=O) groups is 1. The topological polar surface area (TPSA) is 63.3 Å². The van der Waals surface area contributed by atoms with E-state index >= 15 is 0 Å². The molecule has 0 amide bonds. The molecular weight excluding hydrogens is 222 g/mol. The molecule has 1 aromatic heterocycles. The van der Waals surface area contributed by atoms with Gasteiger partial charge < -0.3 is 10.8 Å². The number of carboxylic acids is 1. The number of aromatic carboxylic acids is 1. The molecule has 3 N–H and O–H groups in total. The smallest absolute Gasteiger partial charge is 0.339 e. The third kappa shape index (κ3) is 1.67. The second-order valence-corrected chi connectivity index (χ2v) is 4.70. The standard InChI is InChI=1S/C12H11NO2S/c1-7-9(8-5-3-2-4-6-8)10(12(14)15)11(13)16-7/h2-6H,13H2,1H3,(H,14,15). The van der Waals surface area contributed by atoms with Gasteiger partial charge in [-0.3, -0.25) is 0 Å². The summed E-state index contributed by atoms with van der Waals surface area (Å²) in [4.78, 5) is 12.1. The van der Waals surface area contributed by atoms with Gasteiger partial charge in [0.1, 0.15) is 10.6 Å². The zero-order valence-corrected chi connectivity index (χ0v) is 9.54. The summed E-state index contributed by atoms with van der Waals surface area (Å²) in [6.07, 6.45) is 0. The summed E-state index contributed by atoms with van der Waals surface area (Å²) in [6.45, 7) is 1.88. The van der Waals surface area contributed by atoms with Gasteiger partial charge in [-0.1, -0.05) is 30.3 Å². The number of rotatable bonds is 2. The molecule has 0 bridgehead atoms. The van der Waals surface area contributed by atoms with Crippen LogP contribution in [0.2, 0.25) is 0 Å². The quantitative estimate of drug-likeness (QED) is 0.838. The first kappa shape index (κ1) is 10.7. The van der Waals surface area contributed by atoms with Crippen LogP contribution in [0.25, 0.3) is 11.1 Å². The Morgan fingerprint density at radius 3 is 2.50 bits per heavy atom. The minimum absolute atomic E-state index is 0.216. The fourth-order valence-corrected chi connectivity index (χ4v) is 2.67. The molecule has 82 valence electrons. The van der Waals surface area contributed by atoms with Crippen molar-refractivity contribution in [1.82, 2.24) is 0 Å². The zero-order chi connectivity index (χ0) is 11.7. The molecule has 1 aromatic carbocycles. The molecule has 0 aliphatic carbocycles. The van der Waals surface area contributed by atoms with Gasteiger partial charge in [-0.05, 0) is 12.5 Å². The van der Waals surface area contributed by atoms with E-state index in [0.29, 0.717) is 5.00 Å². The van der Waals surface area contributed by atoms with Crippen molar-refractivity contribution >= 4 is 22.3 Å². The monoisotopic (exact) mass is 233 g/mol. The van der Waals surface area contributed by atoms with E-state index in [4.69, 9.17) is 10.8 Å². The molecule has 4 heteroatoms. The number of nitrogens with two attached hydrogens (primary N) is 1. The number of benzene rings is 1. The lowest BCUT2D eigenvalue weighted by molar-refractivity contribution is 0.0699. The summed E-state index contributed by atoms with van der Waals surface area (Å²) >= 11 is 1.32. The Hall–Kier alpha value is -1.81. The van der Waals surface area contributed by atoms with Crippen molar-refractivity contribution in [3.05, 3.63) is 40.8 Å². The Bertz CT molecular complexity index is 531. The molecule has 2 rings (SSSR count). The van der Waals surface area contributed by atoms with E-state index in [1.54, 1.807) is 0 Å². The molecule has 0 saturated heterocycles. The number of nitrogen functional groups attached to an aromatic ring is 1. The van der Waals surface area contributed by atoms with E-state index in [-0.39, 0.29) is 5.56 Å². The molecule has 16 heavy (non-hydrogen) atoms. The number of anilines is 1. The molecule has 0 aliphatic rings. The highest BCUT2D eigenvalue weighted by molar-refractivity contribution is 7.16. The predicted octanol–water partition coefficient (Wildman–Crippen LogP) is 3.00. The van der Waals surface area contributed by atoms with Crippen molar-refractivity contribution in [1.29, 1.82) is 0 Å². The van der Waals surface area contributed by atoms with Crippen molar-refractivity contribution < 1.29 is 9.90 Å². The fraction of sp³-hybridized carbons (Fsp3) is 0.0833. The molecule has 0 spiro atoms. The summed E-state index contributed by atoms with van der Waals surface area (Å²) in [6, 6.07) is 9.44. The molecule has 0 atom stereocenters. The van der Waals surface area contributed by atoms with E-state index in [1.165, 1.54) is 11.3 Å². The lowest BCUT2D eigenvalue weighted by atomic mass is 10.0. The maximum atomic E-state index is 11.2. The highest BCUT2D eigenvalue weighted by Gasteiger charge is 2.20. The van der Waals surface area contributed by atoms with Gasteiger partial charge in [-0.2, -0.15) is 0 Å². The Labute approximate surface area is 97.2 Å². The Kier molecular flexibility index (Phi) is 2.66. The largest absolute Gasteiger partial charge is 0.478 e. The van der Waals surface area contributed by atoms with Crippen molar-refractivity contribution in [2.45, 2.75) is 6.92 Å². The first-order valence-corrected chi connectivity index (χ1v) is 5.60. The van der Waals surface area contributed by atoms with Crippen LogP contribution >= 0.6 is 11.3 Å². The van der Waals surface area contributed by atoms with Crippen LogP contribution in [0.3, 0.4) is 0 Å². The van der Waals surface area contributed by atoms with Gasteiger partial charge in [0.15, 0.2) is 0 Å². The maximum absolute atomic E-state index is 11.2. The van der Waals surface area contributed by atoms with Gasteiger partial charge in [0.2, 0.25) is 0 Å². The second-order valence-electron chi connectivity index (χ2n) is 3.44. The van der Waals surface area contributed by atoms with Gasteiger partial charge in [0.25, 0.3) is 0 Å². The Balaban J connectivity index is 2.69. The summed E-state index contributed by atoms with van der Waals surface area (Å²) in [5, 5.41) is 9.51. The van der Waals surface area contributed by atoms with E-state index in [1.807, 2.05) is 37.3 Å². The first-order chi connectivity index (χ1) is 7.61. The minimum Gasteiger partial charge on any atom is -0.478 e. The predicted molar refractivity (Wildman–Crippen MR) is 65.9 cm³/mol. The number of carboxylic acid groups (broad SMARTS) is 1. The number of hydrogen-bond donors (Lipinski definition) is 2. The average molecular weight is 233 g/mol. The van der Waals surface area contributed by atoms with Crippen LogP contribution in [0.4, 0.5) is 5.00 Å². The second kappa shape index (κ2) is 3.98. The maximum Gasteiger partial charge on any atom is 0.339 e. The van der Waals surface area contributed by atoms with Crippen LogP contribution in [-0.2, 0) is 0 Å². The molecule has 0 radical (unpaired) electrons. The van der Waals surface area contributed by atoms with Crippen LogP contribution in [0.1, 0.15) is 15.2 Å². The van der Waals surface area contributed by atoms with E-state index < -0.39 is 5.97 Å². The van der Waals surface area contributed by atoms with Crippen molar-refractivity contribution in [2.75, 3.05) is 5.73 Å². The lowest BCUT2D eigenvalue weighted by Gasteiger charge is -2.02. The van der Waals surface area contributed by atoms with Crippen LogP contribution in [0, 0.1) is 6.92 Å². The minimum atomic E-state index is -0.972. The van der Waals surface area contributed by atoms with Crippen LogP contribution in [0.5, 0.6) is 0 Å². The zero-order valence-electron chi connectivity index (χ0n) is 8.73. The SMILES string of the molecule is Cc1sc(N)c(C(=O)O)c1-c1ccccc1. The van der Waals surface area contributed by atoms with Gasteiger partial charge >= 0.3 is 5.97 Å². The van der Waals surface area contributed by atoms with Gasteiger partial charge in [-0.15, -0.1) is 11.3 Å². The Morgan fingerprint density at radius 1 is 1.31 bits per heavy atom. The molecular formula is C12H11NO2S. The molecule has 0 aliphatic heterocycles. The number of aryl methyl sites for hydroxylation is 1. The summed E-state index contributed by atoms with van der Waals surface area (Å²) in [5.74, 6) is -0.972.